The second kappa shape index (κ2) is 7.74. The van der Waals surface area contributed by atoms with Crippen molar-refractivity contribution >= 4 is 17.7 Å². The molecule has 0 heterocycles. The molecule has 3 rings (SSSR count). The maximum absolute atomic E-state index is 11.7. The van der Waals surface area contributed by atoms with Gasteiger partial charge in [0.2, 0.25) is 0 Å². The van der Waals surface area contributed by atoms with Crippen molar-refractivity contribution in [3.63, 3.8) is 0 Å². The van der Waals surface area contributed by atoms with Crippen molar-refractivity contribution < 1.29 is 5.11 Å². The Hall–Kier alpha value is -1.61. The van der Waals surface area contributed by atoms with Gasteiger partial charge in [-0.3, -0.25) is 0 Å². The largest absolute Gasteiger partial charge is 0.385 e. The lowest BCUT2D eigenvalue weighted by Gasteiger charge is -2.33. The van der Waals surface area contributed by atoms with E-state index in [0.717, 1.165) is 41.1 Å². The van der Waals surface area contributed by atoms with Gasteiger partial charge in [0.05, 0.1) is 5.60 Å². The fourth-order valence-corrected chi connectivity index (χ4v) is 4.11. The summed E-state index contributed by atoms with van der Waals surface area (Å²) in [4.78, 5) is 2.17. The topological polar surface area (TPSA) is 23.5 Å². The molecule has 0 bridgehead atoms. The lowest BCUT2D eigenvalue weighted by molar-refractivity contribution is 0.0257. The van der Waals surface area contributed by atoms with Crippen LogP contribution in [0.3, 0.4) is 0 Å². The van der Waals surface area contributed by atoms with E-state index in [-0.39, 0.29) is 5.92 Å². The molecule has 2 aromatic rings. The van der Waals surface area contributed by atoms with Gasteiger partial charge >= 0.3 is 0 Å². The zero-order chi connectivity index (χ0) is 17.9. The van der Waals surface area contributed by atoms with Gasteiger partial charge in [-0.1, -0.05) is 60.1 Å². The van der Waals surface area contributed by atoms with Crippen LogP contribution < -0.4 is 0 Å². The molecule has 1 fully saturated rings. The third-order valence-corrected chi connectivity index (χ3v) is 5.32. The summed E-state index contributed by atoms with van der Waals surface area (Å²) in [5.41, 5.74) is 2.53. The van der Waals surface area contributed by atoms with Gasteiger partial charge in [-0.25, -0.2) is 0 Å². The minimum atomic E-state index is -0.829. The summed E-state index contributed by atoms with van der Waals surface area (Å²) in [7, 11) is 4.14. The number of hydrogen-bond donors (Lipinski definition) is 1. The zero-order valence-electron chi connectivity index (χ0n) is 15.0. The quantitative estimate of drug-likeness (QED) is 0.842. The Kier molecular flexibility index (Phi) is 5.63. The zero-order valence-corrected chi connectivity index (χ0v) is 15.7. The Labute approximate surface area is 155 Å². The van der Waals surface area contributed by atoms with Crippen LogP contribution in [-0.4, -0.2) is 36.2 Å². The molecular weight excluding hydrogens is 330 g/mol. The second-order valence-electron chi connectivity index (χ2n) is 7.31. The van der Waals surface area contributed by atoms with Crippen LogP contribution in [-0.2, 0) is 6.42 Å². The van der Waals surface area contributed by atoms with E-state index in [1.54, 1.807) is 0 Å². The fraction of sp³-hybridized carbons (Fsp3) is 0.364. The minimum Gasteiger partial charge on any atom is -0.385 e. The molecule has 0 saturated heterocycles. The van der Waals surface area contributed by atoms with E-state index in [0.29, 0.717) is 6.42 Å². The minimum absolute atomic E-state index is 0.219. The summed E-state index contributed by atoms with van der Waals surface area (Å²) >= 11 is 6.16. The third-order valence-electron chi connectivity index (χ3n) is 5.08. The van der Waals surface area contributed by atoms with Crippen LogP contribution in [0.5, 0.6) is 0 Å². The summed E-state index contributed by atoms with van der Waals surface area (Å²) in [5, 5.41) is 12.4. The van der Waals surface area contributed by atoms with Gasteiger partial charge in [-0.15, -0.1) is 0 Å². The van der Waals surface area contributed by atoms with Crippen molar-refractivity contribution in [3.05, 3.63) is 76.3 Å². The van der Waals surface area contributed by atoms with Crippen molar-refractivity contribution in [2.45, 2.75) is 24.9 Å². The smallest absolute Gasteiger partial charge is 0.0940 e. The van der Waals surface area contributed by atoms with Crippen LogP contribution >= 0.6 is 11.6 Å². The highest BCUT2D eigenvalue weighted by Crippen LogP contribution is 2.44. The van der Waals surface area contributed by atoms with Gasteiger partial charge in [0.1, 0.15) is 0 Å². The van der Waals surface area contributed by atoms with E-state index >= 15 is 0 Å². The number of aliphatic hydroxyl groups is 1. The van der Waals surface area contributed by atoms with Crippen molar-refractivity contribution in [2.24, 2.45) is 5.92 Å². The van der Waals surface area contributed by atoms with Crippen LogP contribution in [0.25, 0.3) is 6.08 Å². The van der Waals surface area contributed by atoms with E-state index in [1.807, 2.05) is 36.4 Å². The summed E-state index contributed by atoms with van der Waals surface area (Å²) < 4.78 is 0. The molecule has 1 aliphatic carbocycles. The number of halogens is 1. The predicted octanol–water partition coefficient (Wildman–Crippen LogP) is 4.67. The number of nitrogens with zero attached hydrogens (tertiary/aromatic N) is 1. The molecule has 0 aliphatic heterocycles. The highest BCUT2D eigenvalue weighted by Gasteiger charge is 2.45. The molecule has 0 aromatic heterocycles. The van der Waals surface area contributed by atoms with E-state index in [9.17, 15) is 5.11 Å². The molecule has 1 N–H and O–H groups in total. The molecule has 2 unspecified atom stereocenters. The Bertz CT molecular complexity index is 741. The molecule has 1 saturated carbocycles. The van der Waals surface area contributed by atoms with Crippen LogP contribution in [0.2, 0.25) is 5.02 Å². The first-order chi connectivity index (χ1) is 12.0. The standard InChI is InChI=1S/C22H26ClNO/c1-24(2)16-20-12-11-19(13-17-7-4-3-5-8-17)22(20,25)15-18-9-6-10-21(23)14-18/h3-10,13-14,20,25H,11-12,15-16H2,1-2H3/b19-13-. The second-order valence-corrected chi connectivity index (χ2v) is 7.75. The summed E-state index contributed by atoms with van der Waals surface area (Å²) in [6.07, 6.45) is 4.71. The number of rotatable bonds is 5. The lowest BCUT2D eigenvalue weighted by Crippen LogP contribution is -2.42. The SMILES string of the molecule is CN(C)CC1CC/C(=C/c2ccccc2)C1(O)Cc1cccc(Cl)c1. The van der Waals surface area contributed by atoms with Crippen molar-refractivity contribution in [2.75, 3.05) is 20.6 Å². The third kappa shape index (κ3) is 4.33. The van der Waals surface area contributed by atoms with Crippen LogP contribution in [0.15, 0.2) is 60.2 Å². The first-order valence-corrected chi connectivity index (χ1v) is 9.23. The Morgan fingerprint density at radius 1 is 1.16 bits per heavy atom. The summed E-state index contributed by atoms with van der Waals surface area (Å²) in [5.74, 6) is 0.219. The Balaban J connectivity index is 1.95. The summed E-state index contributed by atoms with van der Waals surface area (Å²) in [6, 6.07) is 18.1. The maximum Gasteiger partial charge on any atom is 0.0940 e. The van der Waals surface area contributed by atoms with E-state index < -0.39 is 5.60 Å². The molecule has 132 valence electrons. The Morgan fingerprint density at radius 2 is 1.92 bits per heavy atom. The fourth-order valence-electron chi connectivity index (χ4n) is 3.89. The highest BCUT2D eigenvalue weighted by molar-refractivity contribution is 6.30. The molecular formula is C22H26ClNO. The predicted molar refractivity (Wildman–Crippen MR) is 106 cm³/mol. The first kappa shape index (κ1) is 18.2. The van der Waals surface area contributed by atoms with Gasteiger partial charge in [-0.2, -0.15) is 0 Å². The van der Waals surface area contributed by atoms with Crippen molar-refractivity contribution in [1.29, 1.82) is 0 Å². The molecule has 3 heteroatoms. The maximum atomic E-state index is 11.7. The molecule has 0 amide bonds. The van der Waals surface area contributed by atoms with Crippen molar-refractivity contribution in [1.82, 2.24) is 4.90 Å². The van der Waals surface area contributed by atoms with E-state index in [2.05, 4.69) is 43.3 Å². The van der Waals surface area contributed by atoms with Crippen LogP contribution in [0.1, 0.15) is 24.0 Å². The average molecular weight is 356 g/mol. The lowest BCUT2D eigenvalue weighted by atomic mass is 9.81. The van der Waals surface area contributed by atoms with Crippen LogP contribution in [0.4, 0.5) is 0 Å². The number of benzene rings is 2. The molecule has 2 nitrogen and oxygen atoms in total. The normalized spacial score (nSPS) is 25.0. The highest BCUT2D eigenvalue weighted by atomic mass is 35.5. The first-order valence-electron chi connectivity index (χ1n) is 8.85. The molecule has 1 aliphatic rings. The average Bonchev–Trinajstić information content (AvgIpc) is 2.84. The molecule has 0 spiro atoms. The number of hydrogen-bond acceptors (Lipinski definition) is 2. The van der Waals surface area contributed by atoms with Gasteiger partial charge in [0, 0.05) is 23.9 Å². The van der Waals surface area contributed by atoms with E-state index in [1.165, 1.54) is 0 Å². The molecule has 0 radical (unpaired) electrons. The molecule has 25 heavy (non-hydrogen) atoms. The molecule has 2 atom stereocenters. The van der Waals surface area contributed by atoms with Crippen LogP contribution in [0, 0.1) is 5.92 Å². The summed E-state index contributed by atoms with van der Waals surface area (Å²) in [6.45, 7) is 0.878. The van der Waals surface area contributed by atoms with Gasteiger partial charge in [0.25, 0.3) is 0 Å². The Morgan fingerprint density at radius 3 is 2.60 bits per heavy atom. The van der Waals surface area contributed by atoms with Crippen molar-refractivity contribution in [3.8, 4) is 0 Å². The molecule has 2 aromatic carbocycles. The van der Waals surface area contributed by atoms with Gasteiger partial charge in [-0.05, 0) is 55.8 Å². The van der Waals surface area contributed by atoms with E-state index in [4.69, 9.17) is 11.6 Å². The van der Waals surface area contributed by atoms with Gasteiger partial charge < -0.3 is 10.0 Å². The van der Waals surface area contributed by atoms with Gasteiger partial charge in [0.15, 0.2) is 0 Å². The monoisotopic (exact) mass is 355 g/mol.